The Bertz CT molecular complexity index is 948. The van der Waals surface area contributed by atoms with E-state index in [2.05, 4.69) is 15.0 Å². The first-order chi connectivity index (χ1) is 12.6. The number of fused-ring (bicyclic) bond motifs is 1. The van der Waals surface area contributed by atoms with E-state index in [1.165, 1.54) is 6.33 Å². The van der Waals surface area contributed by atoms with Gasteiger partial charge in [-0.25, -0.2) is 9.78 Å². The van der Waals surface area contributed by atoms with Crippen LogP contribution in [-0.2, 0) is 14.2 Å². The molecule has 3 aromatic rings. The third kappa shape index (κ3) is 3.19. The Morgan fingerprint density at radius 3 is 2.96 bits per heavy atom. The fourth-order valence-corrected chi connectivity index (χ4v) is 2.81. The second-order valence-corrected chi connectivity index (χ2v) is 5.87. The van der Waals surface area contributed by atoms with Gasteiger partial charge in [0.15, 0.2) is 23.3 Å². The van der Waals surface area contributed by atoms with Gasteiger partial charge in [-0.15, -0.1) is 0 Å². The van der Waals surface area contributed by atoms with Crippen molar-refractivity contribution in [2.75, 3.05) is 18.9 Å². The highest BCUT2D eigenvalue weighted by atomic mass is 35.5. The van der Waals surface area contributed by atoms with Crippen LogP contribution in [0.5, 0.6) is 0 Å². The molecule has 0 spiro atoms. The summed E-state index contributed by atoms with van der Waals surface area (Å²) in [7, 11) is 0. The predicted octanol–water partition coefficient (Wildman–Crippen LogP) is 1.79. The maximum atomic E-state index is 12.0. The van der Waals surface area contributed by atoms with Gasteiger partial charge in [0, 0.05) is 0 Å². The summed E-state index contributed by atoms with van der Waals surface area (Å²) in [6, 6.07) is 8.69. The van der Waals surface area contributed by atoms with Crippen molar-refractivity contribution in [3.05, 3.63) is 47.4 Å². The largest absolute Gasteiger partial charge is 0.457 e. The number of esters is 1. The lowest BCUT2D eigenvalue weighted by atomic mass is 10.2. The quantitative estimate of drug-likeness (QED) is 0.542. The number of anilines is 1. The summed E-state index contributed by atoms with van der Waals surface area (Å²) in [5.74, 6) is -0.405. The van der Waals surface area contributed by atoms with Crippen LogP contribution < -0.4 is 5.73 Å². The Morgan fingerprint density at radius 1 is 1.35 bits per heavy atom. The number of ether oxygens (including phenoxy) is 3. The Hall–Kier alpha value is -2.75. The van der Waals surface area contributed by atoms with Crippen LogP contribution in [-0.4, -0.2) is 45.0 Å². The molecule has 1 unspecified atom stereocenters. The minimum atomic E-state index is -0.695. The zero-order valence-electron chi connectivity index (χ0n) is 13.4. The van der Waals surface area contributed by atoms with E-state index < -0.39 is 18.5 Å². The molecular formula is C16H14ClN5O4. The summed E-state index contributed by atoms with van der Waals surface area (Å²) >= 11 is 6.02. The summed E-state index contributed by atoms with van der Waals surface area (Å²) in [6.07, 6.45) is 0.336. The van der Waals surface area contributed by atoms with Gasteiger partial charge in [0.1, 0.15) is 12.1 Å². The Morgan fingerprint density at radius 2 is 2.15 bits per heavy atom. The minimum absolute atomic E-state index is 0.0330. The van der Waals surface area contributed by atoms with Crippen LogP contribution in [0.3, 0.4) is 0 Å². The number of halogens is 1. The van der Waals surface area contributed by atoms with E-state index in [9.17, 15) is 4.79 Å². The Labute approximate surface area is 152 Å². The predicted molar refractivity (Wildman–Crippen MR) is 91.3 cm³/mol. The van der Waals surface area contributed by atoms with Gasteiger partial charge in [-0.3, -0.25) is 4.57 Å². The number of carbonyl (C=O) groups is 1. The first-order valence-corrected chi connectivity index (χ1v) is 8.14. The van der Waals surface area contributed by atoms with Crippen molar-refractivity contribution in [1.29, 1.82) is 0 Å². The second kappa shape index (κ2) is 6.87. The fourth-order valence-electron chi connectivity index (χ4n) is 2.59. The normalized spacial score (nSPS) is 19.7. The average molecular weight is 376 g/mol. The number of benzene rings is 1. The molecule has 3 heterocycles. The summed E-state index contributed by atoms with van der Waals surface area (Å²) in [5, 5.41) is 0.165. The van der Waals surface area contributed by atoms with Crippen molar-refractivity contribution in [2.45, 2.75) is 12.5 Å². The van der Waals surface area contributed by atoms with Gasteiger partial charge in [0.2, 0.25) is 5.95 Å². The van der Waals surface area contributed by atoms with Gasteiger partial charge in [-0.05, 0) is 12.1 Å². The summed E-state index contributed by atoms with van der Waals surface area (Å²) < 4.78 is 18.2. The molecule has 1 saturated heterocycles. The van der Waals surface area contributed by atoms with Crippen molar-refractivity contribution >= 4 is 34.7 Å². The monoisotopic (exact) mass is 375 g/mol. The summed E-state index contributed by atoms with van der Waals surface area (Å²) in [6.45, 7) is 0.204. The van der Waals surface area contributed by atoms with Crippen LogP contribution in [0.25, 0.3) is 11.2 Å². The zero-order chi connectivity index (χ0) is 18.1. The molecule has 1 aliphatic heterocycles. The Kier molecular flexibility index (Phi) is 4.41. The Balaban J connectivity index is 1.42. The van der Waals surface area contributed by atoms with Gasteiger partial charge in [0.05, 0.1) is 18.5 Å². The molecule has 9 nitrogen and oxygen atoms in total. The maximum absolute atomic E-state index is 12.0. The van der Waals surface area contributed by atoms with E-state index in [4.69, 9.17) is 31.5 Å². The highest BCUT2D eigenvalue weighted by Gasteiger charge is 2.30. The number of nitrogens with two attached hydrogens (primary N) is 1. The molecule has 0 radical (unpaired) electrons. The van der Waals surface area contributed by atoms with Crippen LogP contribution in [0.15, 0.2) is 36.7 Å². The minimum Gasteiger partial charge on any atom is -0.457 e. The lowest BCUT2D eigenvalue weighted by Gasteiger charge is -2.13. The number of imidazole rings is 1. The van der Waals surface area contributed by atoms with Crippen molar-refractivity contribution < 1.29 is 19.0 Å². The molecule has 2 atom stereocenters. The van der Waals surface area contributed by atoms with E-state index in [0.717, 1.165) is 0 Å². The molecule has 2 N–H and O–H groups in total. The standard InChI is InChI=1S/C16H14ClN5O4/c17-13-12-14(21-16(18)20-13)22(8-19-12)10-6-24-11(26-10)7-25-15(23)9-4-2-1-3-5-9/h1-5,8,10-11H,6-7H2,(H2,18,20,21)/t10?,11-/m1/s1. The molecule has 1 fully saturated rings. The van der Waals surface area contributed by atoms with E-state index in [-0.39, 0.29) is 24.3 Å². The molecule has 134 valence electrons. The van der Waals surface area contributed by atoms with Gasteiger partial charge in [0.25, 0.3) is 0 Å². The molecule has 1 aliphatic rings. The van der Waals surface area contributed by atoms with Crippen LogP contribution in [0.4, 0.5) is 5.95 Å². The lowest BCUT2D eigenvalue weighted by Crippen LogP contribution is -2.20. The second-order valence-electron chi connectivity index (χ2n) is 5.51. The number of nitrogens with zero attached hydrogens (tertiary/aromatic N) is 4. The fraction of sp³-hybridized carbons (Fsp3) is 0.250. The third-order valence-electron chi connectivity index (χ3n) is 3.80. The average Bonchev–Trinajstić information content (AvgIpc) is 3.27. The number of hydrogen-bond donors (Lipinski definition) is 1. The van der Waals surface area contributed by atoms with Crippen LogP contribution >= 0.6 is 11.6 Å². The number of aromatic nitrogens is 4. The molecule has 2 aromatic heterocycles. The number of carbonyl (C=O) groups excluding carboxylic acids is 1. The van der Waals surface area contributed by atoms with Crippen LogP contribution in [0.1, 0.15) is 16.6 Å². The van der Waals surface area contributed by atoms with E-state index >= 15 is 0 Å². The molecule has 26 heavy (non-hydrogen) atoms. The number of nitrogen functional groups attached to an aromatic ring is 1. The molecule has 4 rings (SSSR count). The van der Waals surface area contributed by atoms with Crippen molar-refractivity contribution in [3.8, 4) is 0 Å². The molecule has 0 saturated carbocycles. The van der Waals surface area contributed by atoms with E-state index in [1.807, 2.05) is 6.07 Å². The smallest absolute Gasteiger partial charge is 0.338 e. The summed E-state index contributed by atoms with van der Waals surface area (Å²) in [5.41, 5.74) is 6.96. The van der Waals surface area contributed by atoms with Crippen LogP contribution in [0.2, 0.25) is 5.15 Å². The van der Waals surface area contributed by atoms with Gasteiger partial charge in [-0.1, -0.05) is 29.8 Å². The lowest BCUT2D eigenvalue weighted by molar-refractivity contribution is -0.102. The van der Waals surface area contributed by atoms with E-state index in [0.29, 0.717) is 16.7 Å². The summed E-state index contributed by atoms with van der Waals surface area (Å²) in [4.78, 5) is 24.1. The number of hydrogen-bond acceptors (Lipinski definition) is 8. The van der Waals surface area contributed by atoms with Crippen LogP contribution in [0, 0.1) is 0 Å². The first-order valence-electron chi connectivity index (χ1n) is 7.76. The SMILES string of the molecule is Nc1nc(Cl)c2ncn(C3CO[C@@H](COC(=O)c4ccccc4)O3)c2n1. The molecule has 0 amide bonds. The molecule has 0 aliphatic carbocycles. The third-order valence-corrected chi connectivity index (χ3v) is 4.06. The molecular weight excluding hydrogens is 362 g/mol. The highest BCUT2D eigenvalue weighted by Crippen LogP contribution is 2.27. The van der Waals surface area contributed by atoms with Gasteiger partial charge < -0.3 is 19.9 Å². The van der Waals surface area contributed by atoms with Gasteiger partial charge in [-0.2, -0.15) is 9.97 Å². The van der Waals surface area contributed by atoms with Crippen molar-refractivity contribution in [1.82, 2.24) is 19.5 Å². The van der Waals surface area contributed by atoms with Crippen molar-refractivity contribution in [3.63, 3.8) is 0 Å². The van der Waals surface area contributed by atoms with Crippen molar-refractivity contribution in [2.24, 2.45) is 0 Å². The molecule has 0 bridgehead atoms. The number of rotatable bonds is 4. The maximum Gasteiger partial charge on any atom is 0.338 e. The van der Waals surface area contributed by atoms with E-state index in [1.54, 1.807) is 28.8 Å². The van der Waals surface area contributed by atoms with Gasteiger partial charge >= 0.3 is 5.97 Å². The highest BCUT2D eigenvalue weighted by molar-refractivity contribution is 6.33. The topological polar surface area (TPSA) is 114 Å². The molecule has 10 heteroatoms. The zero-order valence-corrected chi connectivity index (χ0v) is 14.2. The molecule has 1 aromatic carbocycles. The first kappa shape index (κ1) is 16.7.